The molecule has 1 aromatic rings. The second kappa shape index (κ2) is 7.95. The molecule has 1 aromatic carbocycles. The Bertz CT molecular complexity index is 798. The lowest BCUT2D eigenvalue weighted by Gasteiger charge is -2.42. The lowest BCUT2D eigenvalue weighted by Crippen LogP contribution is -2.55. The molecule has 0 unspecified atom stereocenters. The van der Waals surface area contributed by atoms with Crippen LogP contribution in [0.25, 0.3) is 0 Å². The van der Waals surface area contributed by atoms with Gasteiger partial charge in [0.2, 0.25) is 10.0 Å². The predicted molar refractivity (Wildman–Crippen MR) is 96.8 cm³/mol. The van der Waals surface area contributed by atoms with Crippen LogP contribution in [0.15, 0.2) is 29.2 Å². The number of ether oxygens (including phenoxy) is 1. The molecule has 2 fully saturated rings. The molecule has 0 radical (unpaired) electrons. The molecular formula is C18H24N2O6S. The van der Waals surface area contributed by atoms with Crippen LogP contribution in [0.5, 0.6) is 0 Å². The highest BCUT2D eigenvalue weighted by molar-refractivity contribution is 7.89. The van der Waals surface area contributed by atoms with Gasteiger partial charge in [0.05, 0.1) is 24.1 Å². The van der Waals surface area contributed by atoms with Crippen molar-refractivity contribution in [1.29, 1.82) is 0 Å². The molecule has 0 bridgehead atoms. The molecule has 2 aliphatic rings. The Kier molecular flexibility index (Phi) is 5.83. The Morgan fingerprint density at radius 1 is 1.22 bits per heavy atom. The van der Waals surface area contributed by atoms with Crippen molar-refractivity contribution in [2.45, 2.75) is 42.7 Å². The standard InChI is InChI=1S/C18H24N2O6S/c1-26-18(23)13-4-6-16(7-5-13)27(24,25)19-14-8-15(9-14)20(11-17(21)22)10-12-2-3-12/h4-7,12,14-15,19H,2-3,8-11H2,1H3,(H,21,22). The van der Waals surface area contributed by atoms with Gasteiger partial charge in [-0.2, -0.15) is 0 Å². The van der Waals surface area contributed by atoms with Gasteiger partial charge in [0.1, 0.15) is 0 Å². The van der Waals surface area contributed by atoms with Gasteiger partial charge >= 0.3 is 11.9 Å². The summed E-state index contributed by atoms with van der Waals surface area (Å²) in [6.07, 6.45) is 3.47. The quantitative estimate of drug-likeness (QED) is 0.601. The molecule has 0 spiro atoms. The zero-order valence-corrected chi connectivity index (χ0v) is 15.9. The SMILES string of the molecule is COC(=O)c1ccc(S(=O)(=O)NC2CC(N(CC(=O)O)CC3CC3)C2)cc1. The summed E-state index contributed by atoms with van der Waals surface area (Å²) in [5.41, 5.74) is 0.282. The van der Waals surface area contributed by atoms with Crippen molar-refractivity contribution in [3.63, 3.8) is 0 Å². The minimum absolute atomic E-state index is 0.00434. The van der Waals surface area contributed by atoms with E-state index >= 15 is 0 Å². The Balaban J connectivity index is 1.56. The molecule has 0 atom stereocenters. The van der Waals surface area contributed by atoms with Gasteiger partial charge in [-0.1, -0.05) is 0 Å². The van der Waals surface area contributed by atoms with Gasteiger partial charge < -0.3 is 9.84 Å². The molecular weight excluding hydrogens is 372 g/mol. The van der Waals surface area contributed by atoms with Gasteiger partial charge in [0.15, 0.2) is 0 Å². The van der Waals surface area contributed by atoms with Crippen molar-refractivity contribution in [1.82, 2.24) is 9.62 Å². The second-order valence-electron chi connectivity index (χ2n) is 7.23. The fraction of sp³-hybridized carbons (Fsp3) is 0.556. The van der Waals surface area contributed by atoms with Crippen LogP contribution in [0.2, 0.25) is 0 Å². The molecule has 2 saturated carbocycles. The summed E-state index contributed by atoms with van der Waals surface area (Å²) >= 11 is 0. The van der Waals surface area contributed by atoms with Crippen molar-refractivity contribution in [3.8, 4) is 0 Å². The summed E-state index contributed by atoms with van der Waals surface area (Å²) in [5, 5.41) is 9.08. The van der Waals surface area contributed by atoms with Crippen LogP contribution < -0.4 is 4.72 Å². The predicted octanol–water partition coefficient (Wildman–Crippen LogP) is 1.08. The number of nitrogens with one attached hydrogen (secondary N) is 1. The van der Waals surface area contributed by atoms with Crippen molar-refractivity contribution in [2.75, 3.05) is 20.2 Å². The molecule has 0 amide bonds. The summed E-state index contributed by atoms with van der Waals surface area (Å²) < 4.78 is 32.2. The Labute approximate surface area is 158 Å². The molecule has 148 valence electrons. The number of rotatable bonds is 9. The Hall–Kier alpha value is -1.97. The molecule has 9 heteroatoms. The summed E-state index contributed by atoms with van der Waals surface area (Å²) in [7, 11) is -2.43. The van der Waals surface area contributed by atoms with Crippen LogP contribution >= 0.6 is 0 Å². The van der Waals surface area contributed by atoms with Gasteiger partial charge in [-0.3, -0.25) is 9.69 Å². The highest BCUT2D eigenvalue weighted by atomic mass is 32.2. The summed E-state index contributed by atoms with van der Waals surface area (Å²) in [6, 6.07) is 5.44. The maximum absolute atomic E-state index is 12.5. The minimum atomic E-state index is -3.69. The monoisotopic (exact) mass is 396 g/mol. The van der Waals surface area contributed by atoms with Gasteiger partial charge in [-0.15, -0.1) is 0 Å². The van der Waals surface area contributed by atoms with E-state index in [0.717, 1.165) is 19.4 Å². The first-order chi connectivity index (χ1) is 12.8. The van der Waals surface area contributed by atoms with Crippen LogP contribution in [0.1, 0.15) is 36.0 Å². The van der Waals surface area contributed by atoms with E-state index in [2.05, 4.69) is 9.46 Å². The van der Waals surface area contributed by atoms with E-state index in [4.69, 9.17) is 5.11 Å². The van der Waals surface area contributed by atoms with Gasteiger partial charge in [-0.25, -0.2) is 17.9 Å². The minimum Gasteiger partial charge on any atom is -0.480 e. The average Bonchev–Trinajstić information content (AvgIpc) is 3.40. The van der Waals surface area contributed by atoms with E-state index in [1.165, 1.54) is 31.4 Å². The fourth-order valence-corrected chi connectivity index (χ4v) is 4.57. The maximum Gasteiger partial charge on any atom is 0.337 e. The van der Waals surface area contributed by atoms with E-state index < -0.39 is 22.0 Å². The summed E-state index contributed by atoms with van der Waals surface area (Å²) in [6.45, 7) is 0.765. The zero-order chi connectivity index (χ0) is 19.6. The number of hydrogen-bond donors (Lipinski definition) is 2. The number of sulfonamides is 1. The third-order valence-corrected chi connectivity index (χ3v) is 6.60. The molecule has 0 saturated heterocycles. The number of carboxylic acids is 1. The fourth-order valence-electron chi connectivity index (χ4n) is 3.31. The van der Waals surface area contributed by atoms with E-state index in [9.17, 15) is 18.0 Å². The van der Waals surface area contributed by atoms with Crippen LogP contribution in [0.4, 0.5) is 0 Å². The molecule has 27 heavy (non-hydrogen) atoms. The number of hydrogen-bond acceptors (Lipinski definition) is 6. The molecule has 2 N–H and O–H groups in total. The number of nitrogens with zero attached hydrogens (tertiary/aromatic N) is 1. The first-order valence-corrected chi connectivity index (χ1v) is 10.4. The first-order valence-electron chi connectivity index (χ1n) is 8.95. The number of carbonyl (C=O) groups excluding carboxylic acids is 1. The van der Waals surface area contributed by atoms with Crippen molar-refractivity contribution < 1.29 is 27.9 Å². The van der Waals surface area contributed by atoms with Crippen molar-refractivity contribution in [2.24, 2.45) is 5.92 Å². The van der Waals surface area contributed by atoms with Crippen LogP contribution in [-0.4, -0.2) is 62.6 Å². The normalized spacial score (nSPS) is 22.3. The third-order valence-electron chi connectivity index (χ3n) is 5.07. The molecule has 0 aliphatic heterocycles. The highest BCUT2D eigenvalue weighted by Gasteiger charge is 2.38. The van der Waals surface area contributed by atoms with Gasteiger partial charge in [0.25, 0.3) is 0 Å². The summed E-state index contributed by atoms with van der Waals surface area (Å²) in [5.74, 6) is -0.804. The number of carboxylic acid groups (broad SMARTS) is 1. The Morgan fingerprint density at radius 3 is 2.37 bits per heavy atom. The first kappa shape index (κ1) is 19.8. The van der Waals surface area contributed by atoms with Crippen LogP contribution in [0.3, 0.4) is 0 Å². The highest BCUT2D eigenvalue weighted by Crippen LogP contribution is 2.34. The largest absolute Gasteiger partial charge is 0.480 e. The summed E-state index contributed by atoms with van der Waals surface area (Å²) in [4.78, 5) is 24.5. The van der Waals surface area contributed by atoms with E-state index in [-0.39, 0.29) is 29.1 Å². The number of aliphatic carboxylic acids is 1. The van der Waals surface area contributed by atoms with Crippen LogP contribution in [0, 0.1) is 5.92 Å². The zero-order valence-electron chi connectivity index (χ0n) is 15.1. The third kappa shape index (κ3) is 5.06. The van der Waals surface area contributed by atoms with Crippen molar-refractivity contribution >= 4 is 22.0 Å². The topological polar surface area (TPSA) is 113 Å². The number of methoxy groups -OCH3 is 1. The average molecular weight is 396 g/mol. The second-order valence-corrected chi connectivity index (χ2v) is 8.94. The van der Waals surface area contributed by atoms with Gasteiger partial charge in [-0.05, 0) is 55.9 Å². The molecule has 0 aromatic heterocycles. The van der Waals surface area contributed by atoms with Gasteiger partial charge in [0, 0.05) is 18.6 Å². The van der Waals surface area contributed by atoms with Crippen molar-refractivity contribution in [3.05, 3.63) is 29.8 Å². The van der Waals surface area contributed by atoms with E-state index in [1.54, 1.807) is 0 Å². The van der Waals surface area contributed by atoms with E-state index in [0.29, 0.717) is 18.8 Å². The lowest BCUT2D eigenvalue weighted by molar-refractivity contribution is -0.139. The number of benzene rings is 1. The smallest absolute Gasteiger partial charge is 0.337 e. The number of carbonyl (C=O) groups is 2. The number of esters is 1. The van der Waals surface area contributed by atoms with Crippen LogP contribution in [-0.2, 0) is 19.6 Å². The maximum atomic E-state index is 12.5. The molecule has 0 heterocycles. The Morgan fingerprint density at radius 2 is 1.85 bits per heavy atom. The molecule has 3 rings (SSSR count). The molecule has 8 nitrogen and oxygen atoms in total. The molecule has 2 aliphatic carbocycles. The lowest BCUT2D eigenvalue weighted by atomic mass is 9.86. The van der Waals surface area contributed by atoms with E-state index in [1.807, 2.05) is 4.90 Å².